The van der Waals surface area contributed by atoms with Crippen LogP contribution in [0, 0.1) is 5.92 Å². The predicted molar refractivity (Wildman–Crippen MR) is 48.0 cm³/mol. The summed E-state index contributed by atoms with van der Waals surface area (Å²) in [6.45, 7) is 6.12. The van der Waals surface area contributed by atoms with Crippen LogP contribution >= 0.6 is 0 Å². The molecule has 5 heteroatoms. The van der Waals surface area contributed by atoms with Crippen molar-refractivity contribution in [1.82, 2.24) is 4.89 Å². The fourth-order valence-corrected chi connectivity index (χ4v) is 1.47. The van der Waals surface area contributed by atoms with Gasteiger partial charge in [-0.2, -0.15) is 0 Å². The summed E-state index contributed by atoms with van der Waals surface area (Å²) >= 11 is 0. The molecule has 0 rings (SSSR count). The van der Waals surface area contributed by atoms with Crippen molar-refractivity contribution >= 4 is 10.0 Å². The van der Waals surface area contributed by atoms with Gasteiger partial charge in [0.15, 0.2) is 0 Å². The van der Waals surface area contributed by atoms with E-state index in [9.17, 15) is 8.42 Å². The lowest BCUT2D eigenvalue weighted by Gasteiger charge is -2.07. The molecule has 0 fully saturated rings. The van der Waals surface area contributed by atoms with Crippen molar-refractivity contribution in [3.05, 3.63) is 0 Å². The van der Waals surface area contributed by atoms with Crippen molar-refractivity contribution in [2.75, 3.05) is 12.4 Å². The van der Waals surface area contributed by atoms with Crippen molar-refractivity contribution in [2.24, 2.45) is 5.92 Å². The minimum Gasteiger partial charge on any atom is -0.287 e. The van der Waals surface area contributed by atoms with Crippen molar-refractivity contribution in [3.8, 4) is 0 Å². The van der Waals surface area contributed by atoms with Crippen molar-refractivity contribution < 1.29 is 13.3 Å². The Morgan fingerprint density at radius 3 is 2.42 bits per heavy atom. The standard InChI is InChI=1S/C7H17NO3S/c1-4-5-12(9,10)8-11-6-7(2)3/h7-8H,4-6H2,1-3H3. The first-order valence-corrected chi connectivity index (χ1v) is 5.74. The highest BCUT2D eigenvalue weighted by Crippen LogP contribution is 1.93. The summed E-state index contributed by atoms with van der Waals surface area (Å²) in [6, 6.07) is 0. The third-order valence-corrected chi connectivity index (χ3v) is 2.39. The van der Waals surface area contributed by atoms with Gasteiger partial charge in [-0.15, -0.1) is 0 Å². The van der Waals surface area contributed by atoms with Gasteiger partial charge in [-0.05, 0) is 12.3 Å². The second-order valence-electron chi connectivity index (χ2n) is 3.11. The van der Waals surface area contributed by atoms with Crippen molar-refractivity contribution in [1.29, 1.82) is 0 Å². The molecule has 0 saturated carbocycles. The molecule has 0 aliphatic heterocycles. The lowest BCUT2D eigenvalue weighted by Crippen LogP contribution is -2.27. The molecule has 0 aromatic heterocycles. The Bertz CT molecular complexity index is 199. The number of hydrogen-bond acceptors (Lipinski definition) is 3. The highest BCUT2D eigenvalue weighted by Gasteiger charge is 2.07. The molecule has 0 saturated heterocycles. The molecule has 0 amide bonds. The number of rotatable bonds is 6. The molecule has 0 aromatic rings. The van der Waals surface area contributed by atoms with Gasteiger partial charge < -0.3 is 0 Å². The van der Waals surface area contributed by atoms with Gasteiger partial charge in [0.1, 0.15) is 0 Å². The minimum absolute atomic E-state index is 0.116. The van der Waals surface area contributed by atoms with Crippen LogP contribution in [0.1, 0.15) is 27.2 Å². The number of nitrogens with one attached hydrogen (secondary N) is 1. The third kappa shape index (κ3) is 6.57. The Labute approximate surface area is 74.3 Å². The van der Waals surface area contributed by atoms with E-state index < -0.39 is 10.0 Å². The molecule has 0 bridgehead atoms. The zero-order valence-electron chi connectivity index (χ0n) is 7.83. The quantitative estimate of drug-likeness (QED) is 0.641. The van der Waals surface area contributed by atoms with Crippen LogP contribution in [0.3, 0.4) is 0 Å². The maximum Gasteiger partial charge on any atom is 0.233 e. The molecule has 4 nitrogen and oxygen atoms in total. The SMILES string of the molecule is CCCS(=O)(=O)NOCC(C)C. The molecule has 0 aliphatic rings. The molecular formula is C7H17NO3S. The second kappa shape index (κ2) is 5.50. The predicted octanol–water partition coefficient (Wildman–Crippen LogP) is 0.903. The van der Waals surface area contributed by atoms with Gasteiger partial charge in [-0.3, -0.25) is 4.84 Å². The molecule has 0 aromatic carbocycles. The van der Waals surface area contributed by atoms with Crippen LogP contribution in [0.25, 0.3) is 0 Å². The van der Waals surface area contributed by atoms with Crippen LogP contribution < -0.4 is 4.89 Å². The van der Waals surface area contributed by atoms with Crippen LogP contribution in [0.5, 0.6) is 0 Å². The molecule has 0 spiro atoms. The Kier molecular flexibility index (Phi) is 5.44. The average molecular weight is 195 g/mol. The minimum atomic E-state index is -3.20. The maximum absolute atomic E-state index is 11.0. The van der Waals surface area contributed by atoms with E-state index in [1.54, 1.807) is 0 Å². The van der Waals surface area contributed by atoms with Crippen molar-refractivity contribution in [3.63, 3.8) is 0 Å². The van der Waals surface area contributed by atoms with Gasteiger partial charge in [-0.1, -0.05) is 25.7 Å². The summed E-state index contributed by atoms with van der Waals surface area (Å²) in [6.07, 6.45) is 0.598. The normalized spacial score (nSPS) is 12.3. The molecule has 0 radical (unpaired) electrons. The molecule has 0 atom stereocenters. The highest BCUT2D eigenvalue weighted by molar-refractivity contribution is 7.89. The number of sulfonamides is 1. The van der Waals surface area contributed by atoms with Gasteiger partial charge in [0.2, 0.25) is 10.0 Å². The summed E-state index contributed by atoms with van der Waals surface area (Å²) in [4.78, 5) is 6.84. The molecule has 12 heavy (non-hydrogen) atoms. The first kappa shape index (κ1) is 11.9. The van der Waals surface area contributed by atoms with Crippen LogP contribution in [0.15, 0.2) is 0 Å². The lowest BCUT2D eigenvalue weighted by atomic mass is 10.2. The van der Waals surface area contributed by atoms with Gasteiger partial charge in [0, 0.05) is 0 Å². The molecule has 1 N–H and O–H groups in total. The van der Waals surface area contributed by atoms with E-state index in [1.807, 2.05) is 20.8 Å². The molecule has 0 unspecified atom stereocenters. The lowest BCUT2D eigenvalue weighted by molar-refractivity contribution is 0.0719. The zero-order valence-corrected chi connectivity index (χ0v) is 8.65. The Balaban J connectivity index is 3.62. The summed E-state index contributed by atoms with van der Waals surface area (Å²) in [7, 11) is -3.20. The first-order valence-electron chi connectivity index (χ1n) is 4.09. The zero-order chi connectivity index (χ0) is 9.61. The summed E-state index contributed by atoms with van der Waals surface area (Å²) in [5.74, 6) is 0.444. The van der Waals surface area contributed by atoms with E-state index in [1.165, 1.54) is 0 Å². The van der Waals surface area contributed by atoms with Crippen LogP contribution in [0.4, 0.5) is 0 Å². The molecular weight excluding hydrogens is 178 g/mol. The van der Waals surface area contributed by atoms with E-state index in [-0.39, 0.29) is 5.75 Å². The highest BCUT2D eigenvalue weighted by atomic mass is 32.2. The van der Waals surface area contributed by atoms with E-state index in [2.05, 4.69) is 4.89 Å². The fourth-order valence-electron chi connectivity index (χ4n) is 0.601. The topological polar surface area (TPSA) is 55.4 Å². The largest absolute Gasteiger partial charge is 0.287 e. The third-order valence-electron chi connectivity index (χ3n) is 1.08. The summed E-state index contributed by atoms with van der Waals surface area (Å²) < 4.78 is 22.0. The van der Waals surface area contributed by atoms with Gasteiger partial charge >= 0.3 is 0 Å². The Morgan fingerprint density at radius 1 is 1.42 bits per heavy atom. The average Bonchev–Trinajstić information content (AvgIpc) is 1.85. The van der Waals surface area contributed by atoms with Crippen LogP contribution in [-0.2, 0) is 14.9 Å². The first-order chi connectivity index (χ1) is 5.48. The van der Waals surface area contributed by atoms with E-state index in [4.69, 9.17) is 4.84 Å². The Morgan fingerprint density at radius 2 is 2.00 bits per heavy atom. The van der Waals surface area contributed by atoms with Gasteiger partial charge in [0.05, 0.1) is 12.4 Å². The molecule has 0 aliphatic carbocycles. The smallest absolute Gasteiger partial charge is 0.233 e. The van der Waals surface area contributed by atoms with Crippen molar-refractivity contribution in [2.45, 2.75) is 27.2 Å². The molecule has 74 valence electrons. The van der Waals surface area contributed by atoms with E-state index in [0.717, 1.165) is 0 Å². The van der Waals surface area contributed by atoms with Crippen LogP contribution in [-0.4, -0.2) is 20.8 Å². The Hall–Kier alpha value is -0.130. The fraction of sp³-hybridized carbons (Fsp3) is 1.00. The molecule has 0 heterocycles. The van der Waals surface area contributed by atoms with Gasteiger partial charge in [0.25, 0.3) is 0 Å². The monoisotopic (exact) mass is 195 g/mol. The maximum atomic E-state index is 11.0. The van der Waals surface area contributed by atoms with Gasteiger partial charge in [-0.25, -0.2) is 8.42 Å². The van der Waals surface area contributed by atoms with Crippen LogP contribution in [0.2, 0.25) is 0 Å². The van der Waals surface area contributed by atoms with E-state index in [0.29, 0.717) is 18.9 Å². The summed E-state index contributed by atoms with van der Waals surface area (Å²) in [5, 5.41) is 0. The number of hydrogen-bond donors (Lipinski definition) is 1. The summed E-state index contributed by atoms with van der Waals surface area (Å²) in [5.41, 5.74) is 0. The van der Waals surface area contributed by atoms with E-state index >= 15 is 0 Å². The second-order valence-corrected chi connectivity index (χ2v) is 4.91.